The second kappa shape index (κ2) is 12.0. The first-order valence-corrected chi connectivity index (χ1v) is 12.9. The van der Waals surface area contributed by atoms with Gasteiger partial charge in [-0.1, -0.05) is 67.6 Å². The Morgan fingerprint density at radius 2 is 1.86 bits per heavy atom. The molecule has 1 aromatic carbocycles. The third-order valence-electron chi connectivity index (χ3n) is 6.87. The van der Waals surface area contributed by atoms with Crippen LogP contribution in [0.5, 0.6) is 0 Å². The summed E-state index contributed by atoms with van der Waals surface area (Å²) in [7, 11) is 2.19. The first kappa shape index (κ1) is 25.7. The van der Waals surface area contributed by atoms with Crippen LogP contribution in [0.15, 0.2) is 85.3 Å². The van der Waals surface area contributed by atoms with E-state index < -0.39 is 0 Å². The summed E-state index contributed by atoms with van der Waals surface area (Å²) >= 11 is 0. The van der Waals surface area contributed by atoms with Crippen LogP contribution >= 0.6 is 0 Å². The molecule has 5 heteroatoms. The Morgan fingerprint density at radius 3 is 2.44 bits per heavy atom. The van der Waals surface area contributed by atoms with E-state index in [0.29, 0.717) is 0 Å². The van der Waals surface area contributed by atoms with Crippen molar-refractivity contribution in [3.63, 3.8) is 0 Å². The van der Waals surface area contributed by atoms with Crippen LogP contribution in [0.2, 0.25) is 0 Å². The Hall–Kier alpha value is -3.41. The molecular formula is C31H39N5. The third kappa shape index (κ3) is 6.04. The highest BCUT2D eigenvalue weighted by Crippen LogP contribution is 2.29. The maximum Gasteiger partial charge on any atom is 0.137 e. The molecule has 2 aromatic heterocycles. The van der Waals surface area contributed by atoms with Gasteiger partial charge in [0.05, 0.1) is 18.1 Å². The highest BCUT2D eigenvalue weighted by Gasteiger charge is 2.22. The van der Waals surface area contributed by atoms with Crippen molar-refractivity contribution >= 4 is 11.2 Å². The predicted molar refractivity (Wildman–Crippen MR) is 152 cm³/mol. The van der Waals surface area contributed by atoms with Gasteiger partial charge in [-0.15, -0.1) is 0 Å². The second-order valence-corrected chi connectivity index (χ2v) is 9.63. The van der Waals surface area contributed by atoms with E-state index in [9.17, 15) is 0 Å². The zero-order valence-corrected chi connectivity index (χ0v) is 22.0. The number of nitrogens with zero attached hydrogens (tertiary/aromatic N) is 4. The first-order valence-electron chi connectivity index (χ1n) is 12.9. The second-order valence-electron chi connectivity index (χ2n) is 9.63. The van der Waals surface area contributed by atoms with Crippen molar-refractivity contribution in [3.05, 3.63) is 102 Å². The number of likely N-dealkylation sites (N-methyl/N-ethyl adjacent to an activating group) is 1. The fourth-order valence-corrected chi connectivity index (χ4v) is 4.65. The maximum absolute atomic E-state index is 5.16. The van der Waals surface area contributed by atoms with Crippen molar-refractivity contribution in [3.8, 4) is 11.3 Å². The molecule has 1 fully saturated rings. The van der Waals surface area contributed by atoms with Gasteiger partial charge in [0.15, 0.2) is 0 Å². The monoisotopic (exact) mass is 481 g/mol. The van der Waals surface area contributed by atoms with E-state index in [1.54, 1.807) is 12.3 Å². The van der Waals surface area contributed by atoms with E-state index in [0.717, 1.165) is 62.5 Å². The summed E-state index contributed by atoms with van der Waals surface area (Å²) in [4.78, 5) is 9.93. The van der Waals surface area contributed by atoms with Crippen molar-refractivity contribution in [1.29, 1.82) is 0 Å². The number of hydrogen-bond donors (Lipinski definition) is 1. The van der Waals surface area contributed by atoms with E-state index >= 15 is 0 Å². The third-order valence-corrected chi connectivity index (χ3v) is 6.87. The quantitative estimate of drug-likeness (QED) is 0.428. The molecule has 0 unspecified atom stereocenters. The fourth-order valence-electron chi connectivity index (χ4n) is 4.65. The summed E-state index contributed by atoms with van der Waals surface area (Å²) < 4.78 is 2.31. The molecule has 2 aliphatic rings. The normalized spacial score (nSPS) is 16.6. The Labute approximate surface area is 215 Å². The van der Waals surface area contributed by atoms with Crippen LogP contribution in [0.1, 0.15) is 43.0 Å². The van der Waals surface area contributed by atoms with Crippen LogP contribution in [0, 0.1) is 6.92 Å². The molecule has 0 bridgehead atoms. The summed E-state index contributed by atoms with van der Waals surface area (Å²) in [6.07, 6.45) is 15.7. The number of pyridine rings is 1. The predicted octanol–water partition coefficient (Wildman–Crippen LogP) is 6.17. The van der Waals surface area contributed by atoms with Crippen molar-refractivity contribution in [2.45, 2.75) is 39.7 Å². The number of nitrogens with two attached hydrogens (primary N) is 1. The van der Waals surface area contributed by atoms with E-state index in [2.05, 4.69) is 95.6 Å². The van der Waals surface area contributed by atoms with E-state index in [1.165, 1.54) is 28.0 Å². The van der Waals surface area contributed by atoms with Crippen LogP contribution in [-0.2, 0) is 6.54 Å². The van der Waals surface area contributed by atoms with Gasteiger partial charge in [-0.2, -0.15) is 0 Å². The minimum Gasteiger partial charge on any atom is -0.404 e. The number of allylic oxidation sites excluding steroid dienone is 6. The number of aromatic nitrogens is 2. The van der Waals surface area contributed by atoms with Crippen molar-refractivity contribution in [2.75, 3.05) is 26.8 Å². The summed E-state index contributed by atoms with van der Waals surface area (Å²) in [5.41, 5.74) is 14.7. The lowest BCUT2D eigenvalue weighted by molar-refractivity contribution is 0.265. The molecule has 5 rings (SSSR count). The topological polar surface area (TPSA) is 49.8 Å². The van der Waals surface area contributed by atoms with Gasteiger partial charge in [0, 0.05) is 31.4 Å². The largest absolute Gasteiger partial charge is 0.404 e. The summed E-state index contributed by atoms with van der Waals surface area (Å²) in [6.45, 7) is 11.9. The highest BCUT2D eigenvalue weighted by molar-refractivity contribution is 5.76. The molecule has 0 spiro atoms. The molecule has 0 atom stereocenters. The number of fused-ring (bicyclic) bond motifs is 1. The highest BCUT2D eigenvalue weighted by atomic mass is 15.4. The molecule has 3 aromatic rings. The summed E-state index contributed by atoms with van der Waals surface area (Å²) in [5.74, 6) is 0. The fraction of sp³-hybridized carbons (Fsp3) is 0.323. The van der Waals surface area contributed by atoms with Gasteiger partial charge in [-0.3, -0.25) is 9.80 Å². The number of imidazole rings is 1. The summed E-state index contributed by atoms with van der Waals surface area (Å²) in [5, 5.41) is 0. The maximum atomic E-state index is 5.16. The van der Waals surface area contributed by atoms with Crippen LogP contribution in [0.4, 0.5) is 0 Å². The number of aryl methyl sites for hydroxylation is 1. The molecular weight excluding hydrogens is 442 g/mol. The molecule has 1 aliphatic heterocycles. The smallest absolute Gasteiger partial charge is 0.137 e. The van der Waals surface area contributed by atoms with E-state index in [-0.39, 0.29) is 0 Å². The number of benzene rings is 1. The lowest BCUT2D eigenvalue weighted by Gasteiger charge is -2.17. The number of hydrogen-bond acceptors (Lipinski definition) is 4. The lowest BCUT2D eigenvalue weighted by Crippen LogP contribution is -2.23. The molecule has 3 heterocycles. The molecule has 0 saturated carbocycles. The molecule has 2 N–H and O–H groups in total. The Kier molecular flexibility index (Phi) is 8.57. The van der Waals surface area contributed by atoms with Gasteiger partial charge in [0.1, 0.15) is 5.65 Å². The minimum atomic E-state index is 0.910. The SMILES string of the molecule is C=C/C(=C/N)CC.Cc1ccc(-c2nc3ccc(C4=CCCC=C4)cn3c2CN2CCN(C)C2)cc1. The number of rotatable bonds is 6. The van der Waals surface area contributed by atoms with Gasteiger partial charge in [-0.05, 0) is 68.3 Å². The van der Waals surface area contributed by atoms with Crippen molar-refractivity contribution in [1.82, 2.24) is 19.2 Å². The van der Waals surface area contributed by atoms with Crippen LogP contribution in [-0.4, -0.2) is 46.0 Å². The van der Waals surface area contributed by atoms with Crippen molar-refractivity contribution < 1.29 is 0 Å². The van der Waals surface area contributed by atoms with Gasteiger partial charge in [0.2, 0.25) is 0 Å². The van der Waals surface area contributed by atoms with Gasteiger partial charge >= 0.3 is 0 Å². The zero-order valence-electron chi connectivity index (χ0n) is 22.0. The molecule has 1 saturated heterocycles. The molecule has 188 valence electrons. The Bertz CT molecular complexity index is 1280. The summed E-state index contributed by atoms with van der Waals surface area (Å²) in [6, 6.07) is 13.1. The van der Waals surface area contributed by atoms with E-state index in [1.807, 2.05) is 6.92 Å². The lowest BCUT2D eigenvalue weighted by atomic mass is 10.0. The molecule has 36 heavy (non-hydrogen) atoms. The molecule has 5 nitrogen and oxygen atoms in total. The first-order chi connectivity index (χ1) is 17.5. The average molecular weight is 482 g/mol. The molecule has 1 aliphatic carbocycles. The average Bonchev–Trinajstić information content (AvgIpc) is 3.49. The minimum absolute atomic E-state index is 0.910. The Balaban J connectivity index is 0.000000384. The molecule has 0 amide bonds. The van der Waals surface area contributed by atoms with Gasteiger partial charge in [-0.25, -0.2) is 4.98 Å². The Morgan fingerprint density at radius 1 is 1.08 bits per heavy atom. The zero-order chi connectivity index (χ0) is 25.5. The van der Waals surface area contributed by atoms with Crippen LogP contribution < -0.4 is 5.73 Å². The van der Waals surface area contributed by atoms with Crippen molar-refractivity contribution in [2.24, 2.45) is 5.73 Å². The van der Waals surface area contributed by atoms with Crippen LogP contribution in [0.25, 0.3) is 22.5 Å². The van der Waals surface area contributed by atoms with Gasteiger partial charge in [0.25, 0.3) is 0 Å². The van der Waals surface area contributed by atoms with Gasteiger partial charge < -0.3 is 10.1 Å². The standard InChI is InChI=1S/C25H28N4.C6H11N/c1-19-8-10-21(11-9-19)25-23(17-28-15-14-27(2)18-28)29-16-22(12-13-24(29)26-25)20-6-4-3-5-7-20;1-3-6(4-2)5-7/h4,6-13,16H,3,5,14-15,17-18H2,1-2H3;3,5H,1,4,7H2,2H3/b;6-5-. The van der Waals surface area contributed by atoms with Crippen LogP contribution in [0.3, 0.4) is 0 Å². The van der Waals surface area contributed by atoms with E-state index in [4.69, 9.17) is 10.7 Å². The molecule has 0 radical (unpaired) electrons.